The first-order valence-corrected chi connectivity index (χ1v) is 10.5. The largest absolute Gasteiger partial charge is 0.382 e. The van der Waals surface area contributed by atoms with E-state index in [1.54, 1.807) is 7.11 Å². The third-order valence-electron chi connectivity index (χ3n) is 4.63. The molecule has 0 saturated carbocycles. The van der Waals surface area contributed by atoms with Gasteiger partial charge in [-0.3, -0.25) is 4.99 Å². The Balaban J connectivity index is 0.00000676. The molecule has 162 valence electrons. The van der Waals surface area contributed by atoms with Crippen LogP contribution in [0.25, 0.3) is 0 Å². The van der Waals surface area contributed by atoms with Crippen LogP contribution in [0.15, 0.2) is 4.99 Å². The zero-order chi connectivity index (χ0) is 19.0. The summed E-state index contributed by atoms with van der Waals surface area (Å²) < 4.78 is 10.4. The van der Waals surface area contributed by atoms with Crippen LogP contribution < -0.4 is 10.6 Å². The summed E-state index contributed by atoms with van der Waals surface area (Å²) in [6, 6.07) is 0. The minimum Gasteiger partial charge on any atom is -0.382 e. The van der Waals surface area contributed by atoms with E-state index in [9.17, 15) is 0 Å². The van der Waals surface area contributed by atoms with Gasteiger partial charge in [-0.15, -0.1) is 24.0 Å². The average molecular weight is 498 g/mol. The first kappa shape index (κ1) is 26.9. The summed E-state index contributed by atoms with van der Waals surface area (Å²) in [5.74, 6) is 2.62. The van der Waals surface area contributed by atoms with E-state index in [1.807, 2.05) is 0 Å². The number of guanidine groups is 1. The van der Waals surface area contributed by atoms with E-state index < -0.39 is 0 Å². The smallest absolute Gasteiger partial charge is 0.191 e. The van der Waals surface area contributed by atoms with Crippen LogP contribution in [0.1, 0.15) is 46.5 Å². The Morgan fingerprint density at radius 2 is 1.78 bits per heavy atom. The van der Waals surface area contributed by atoms with Crippen molar-refractivity contribution in [3.8, 4) is 0 Å². The van der Waals surface area contributed by atoms with E-state index in [1.165, 1.54) is 38.9 Å². The van der Waals surface area contributed by atoms with Crippen LogP contribution in [0.5, 0.6) is 0 Å². The lowest BCUT2D eigenvalue weighted by molar-refractivity contribution is 0.0702. The lowest BCUT2D eigenvalue weighted by Gasteiger charge is -2.34. The van der Waals surface area contributed by atoms with E-state index in [4.69, 9.17) is 9.47 Å². The summed E-state index contributed by atoms with van der Waals surface area (Å²) in [5.41, 5.74) is 0. The van der Waals surface area contributed by atoms with Crippen LogP contribution in [0, 0.1) is 11.8 Å². The summed E-state index contributed by atoms with van der Waals surface area (Å²) in [7, 11) is 1.69. The van der Waals surface area contributed by atoms with Crippen LogP contribution in [-0.2, 0) is 9.47 Å². The van der Waals surface area contributed by atoms with Crippen molar-refractivity contribution in [3.05, 3.63) is 0 Å². The summed E-state index contributed by atoms with van der Waals surface area (Å²) in [4.78, 5) is 7.25. The fourth-order valence-corrected chi connectivity index (χ4v) is 3.59. The van der Waals surface area contributed by atoms with Crippen molar-refractivity contribution in [1.29, 1.82) is 0 Å². The van der Waals surface area contributed by atoms with Gasteiger partial charge in [-0.1, -0.05) is 13.8 Å². The van der Waals surface area contributed by atoms with Crippen LogP contribution in [0.4, 0.5) is 0 Å². The summed E-state index contributed by atoms with van der Waals surface area (Å²) in [5, 5.41) is 6.76. The minimum absolute atomic E-state index is 0. The van der Waals surface area contributed by atoms with Crippen LogP contribution in [-0.4, -0.2) is 77.1 Å². The standard InChI is InChI=1S/C20H42N4O2.HI/c1-5-21-20(23-10-8-12-26-14-13-25-4)22-9-6-7-11-24-16-18(2)15-19(3)17-24;/h18-19H,5-17H2,1-4H3,(H2,21,22,23);1H. The van der Waals surface area contributed by atoms with E-state index in [0.717, 1.165) is 50.5 Å². The average Bonchev–Trinajstić information content (AvgIpc) is 2.59. The molecule has 0 bridgehead atoms. The van der Waals surface area contributed by atoms with E-state index in [2.05, 4.69) is 41.3 Å². The van der Waals surface area contributed by atoms with Gasteiger partial charge in [0.25, 0.3) is 0 Å². The first-order chi connectivity index (χ1) is 12.7. The van der Waals surface area contributed by atoms with Gasteiger partial charge in [-0.25, -0.2) is 0 Å². The number of halogens is 1. The van der Waals surface area contributed by atoms with Gasteiger partial charge < -0.3 is 25.0 Å². The predicted octanol–water partition coefficient (Wildman–Crippen LogP) is 2.97. The zero-order valence-corrected chi connectivity index (χ0v) is 20.3. The Morgan fingerprint density at radius 3 is 2.44 bits per heavy atom. The monoisotopic (exact) mass is 498 g/mol. The molecule has 0 amide bonds. The molecule has 1 aliphatic rings. The third kappa shape index (κ3) is 14.5. The molecule has 0 aromatic rings. The Hall–Kier alpha value is -0.120. The number of nitrogens with zero attached hydrogens (tertiary/aromatic N) is 2. The summed E-state index contributed by atoms with van der Waals surface area (Å²) >= 11 is 0. The molecule has 6 nitrogen and oxygen atoms in total. The number of unbranched alkanes of at least 4 members (excludes halogenated alkanes) is 1. The molecule has 0 spiro atoms. The number of methoxy groups -OCH3 is 1. The second-order valence-corrected chi connectivity index (χ2v) is 7.56. The lowest BCUT2D eigenvalue weighted by Crippen LogP contribution is -2.40. The molecule has 2 unspecified atom stereocenters. The number of likely N-dealkylation sites (tertiary alicyclic amines) is 1. The van der Waals surface area contributed by atoms with Crippen LogP contribution in [0.2, 0.25) is 0 Å². The molecule has 1 fully saturated rings. The van der Waals surface area contributed by atoms with Crippen molar-refractivity contribution in [2.24, 2.45) is 16.8 Å². The van der Waals surface area contributed by atoms with Crippen molar-refractivity contribution < 1.29 is 9.47 Å². The number of aliphatic imine (C=N–C) groups is 1. The predicted molar refractivity (Wildman–Crippen MR) is 125 cm³/mol. The van der Waals surface area contributed by atoms with Gasteiger partial charge in [0.05, 0.1) is 13.2 Å². The van der Waals surface area contributed by atoms with E-state index in [-0.39, 0.29) is 24.0 Å². The van der Waals surface area contributed by atoms with Gasteiger partial charge in [-0.05, 0) is 51.0 Å². The van der Waals surface area contributed by atoms with Crippen molar-refractivity contribution in [1.82, 2.24) is 15.5 Å². The fourth-order valence-electron chi connectivity index (χ4n) is 3.59. The van der Waals surface area contributed by atoms with Gasteiger partial charge in [0, 0.05) is 46.4 Å². The second-order valence-electron chi connectivity index (χ2n) is 7.56. The third-order valence-corrected chi connectivity index (χ3v) is 4.63. The Labute approximate surface area is 184 Å². The molecule has 0 radical (unpaired) electrons. The molecule has 2 atom stereocenters. The summed E-state index contributed by atoms with van der Waals surface area (Å²) in [6.07, 6.45) is 4.76. The van der Waals surface area contributed by atoms with Crippen molar-refractivity contribution >= 4 is 29.9 Å². The number of ether oxygens (including phenoxy) is 2. The zero-order valence-electron chi connectivity index (χ0n) is 18.0. The van der Waals surface area contributed by atoms with Crippen molar-refractivity contribution in [2.75, 3.05) is 66.2 Å². The maximum Gasteiger partial charge on any atom is 0.191 e. The number of piperidine rings is 1. The molecular weight excluding hydrogens is 455 g/mol. The first-order valence-electron chi connectivity index (χ1n) is 10.5. The number of hydrogen-bond acceptors (Lipinski definition) is 4. The molecule has 1 heterocycles. The highest BCUT2D eigenvalue weighted by Gasteiger charge is 2.20. The lowest BCUT2D eigenvalue weighted by atomic mass is 9.92. The van der Waals surface area contributed by atoms with E-state index in [0.29, 0.717) is 13.2 Å². The van der Waals surface area contributed by atoms with Crippen molar-refractivity contribution in [3.63, 3.8) is 0 Å². The van der Waals surface area contributed by atoms with E-state index >= 15 is 0 Å². The van der Waals surface area contributed by atoms with Gasteiger partial charge >= 0.3 is 0 Å². The number of hydrogen-bond donors (Lipinski definition) is 2. The maximum atomic E-state index is 5.46. The molecule has 7 heteroatoms. The van der Waals surface area contributed by atoms with Gasteiger partial charge in [0.15, 0.2) is 5.96 Å². The normalized spacial score (nSPS) is 21.0. The molecule has 0 aromatic heterocycles. The highest BCUT2D eigenvalue weighted by molar-refractivity contribution is 14.0. The fraction of sp³-hybridized carbons (Fsp3) is 0.950. The van der Waals surface area contributed by atoms with Crippen molar-refractivity contribution in [2.45, 2.75) is 46.5 Å². The topological polar surface area (TPSA) is 58.1 Å². The molecule has 1 saturated heterocycles. The van der Waals surface area contributed by atoms with Crippen LogP contribution in [0.3, 0.4) is 0 Å². The molecule has 2 N–H and O–H groups in total. The molecule has 1 aliphatic heterocycles. The summed E-state index contributed by atoms with van der Waals surface area (Å²) in [6.45, 7) is 15.3. The molecular formula is C20H43IN4O2. The van der Waals surface area contributed by atoms with Crippen LogP contribution >= 0.6 is 24.0 Å². The Kier molecular flexibility index (Phi) is 17.9. The molecule has 1 rings (SSSR count). The molecule has 0 aromatic carbocycles. The maximum absolute atomic E-state index is 5.46. The minimum atomic E-state index is 0. The Bertz CT molecular complexity index is 362. The number of rotatable bonds is 13. The highest BCUT2D eigenvalue weighted by atomic mass is 127. The second kappa shape index (κ2) is 17.9. The van der Waals surface area contributed by atoms with Gasteiger partial charge in [0.1, 0.15) is 0 Å². The quantitative estimate of drug-likeness (QED) is 0.177. The number of nitrogens with one attached hydrogen (secondary N) is 2. The molecule has 27 heavy (non-hydrogen) atoms. The highest BCUT2D eigenvalue weighted by Crippen LogP contribution is 2.20. The Morgan fingerprint density at radius 1 is 1.04 bits per heavy atom. The SMILES string of the molecule is CCNC(=NCCCOCCOC)NCCCCN1CC(C)CC(C)C1.I. The van der Waals surface area contributed by atoms with Gasteiger partial charge in [0.2, 0.25) is 0 Å². The van der Waals surface area contributed by atoms with Gasteiger partial charge in [-0.2, -0.15) is 0 Å². The molecule has 0 aliphatic carbocycles.